The van der Waals surface area contributed by atoms with Crippen molar-refractivity contribution in [3.8, 4) is 6.26 Å². The van der Waals surface area contributed by atoms with Gasteiger partial charge in [-0.3, -0.25) is 43.2 Å². The molecule has 0 aromatic carbocycles. The molecule has 0 radical (unpaired) electrons. The molecule has 21 heteroatoms. The predicted octanol–water partition coefficient (Wildman–Crippen LogP) is 3.77. The maximum Gasteiger partial charge on any atom is 0.315 e. The number of fused-ring (bicyclic) bond motifs is 2. The Morgan fingerprint density at radius 3 is 1.41 bits per heavy atom. The number of hydrogen-bond acceptors (Lipinski definition) is 12. The molecule has 21 nitrogen and oxygen atoms in total. The summed E-state index contributed by atoms with van der Waals surface area (Å²) < 4.78 is 5.11. The molecular weight excluding hydrogens is 1000 g/mol. The van der Waals surface area contributed by atoms with Gasteiger partial charge in [-0.15, -0.1) is 13.2 Å². The summed E-state index contributed by atoms with van der Waals surface area (Å²) in [6.45, 7) is 38.5. The predicted molar refractivity (Wildman–Crippen MR) is 294 cm³/mol. The number of rotatable bonds is 23. The van der Waals surface area contributed by atoms with Crippen molar-refractivity contribution >= 4 is 58.9 Å². The first-order valence-electron chi connectivity index (χ1n) is 27.3. The normalized spacial score (nSPS) is 23.2. The smallest absolute Gasteiger partial charge is 0.315 e. The Balaban J connectivity index is 0.000000430. The summed E-state index contributed by atoms with van der Waals surface area (Å²) in [7, 11) is 1.67. The summed E-state index contributed by atoms with van der Waals surface area (Å²) in [5, 5.41) is 25.3. The van der Waals surface area contributed by atoms with E-state index in [0.29, 0.717) is 32.4 Å². The van der Waals surface area contributed by atoms with Crippen LogP contribution in [0.25, 0.3) is 0 Å². The topological polar surface area (TPSA) is 286 Å². The Labute approximate surface area is 462 Å². The highest BCUT2D eigenvalue weighted by atomic mass is 16.5. The number of piperidine rings is 2. The number of ketones is 2. The number of nitrogens with one attached hydrogen (secondary N) is 6. The molecule has 11 atom stereocenters. The van der Waals surface area contributed by atoms with E-state index in [-0.39, 0.29) is 71.9 Å². The van der Waals surface area contributed by atoms with E-state index in [1.807, 2.05) is 55.4 Å². The molecule has 2 aliphatic carbocycles. The van der Waals surface area contributed by atoms with Crippen LogP contribution >= 0.6 is 0 Å². The second kappa shape index (κ2) is 26.1. The number of likely N-dealkylation sites (tertiary alicyclic amines) is 2. The third kappa shape index (κ3) is 15.7. The Bertz CT molecular complexity index is 2340. The second-order valence-corrected chi connectivity index (χ2v) is 25.9. The first-order chi connectivity index (χ1) is 35.9. The lowest BCUT2D eigenvalue weighted by Gasteiger charge is -2.39. The molecule has 0 bridgehead atoms. The highest BCUT2D eigenvalue weighted by Crippen LogP contribution is 2.66. The van der Waals surface area contributed by atoms with Crippen LogP contribution in [0.1, 0.15) is 136 Å². The van der Waals surface area contributed by atoms with Gasteiger partial charge in [0, 0.05) is 52.1 Å². The summed E-state index contributed by atoms with van der Waals surface area (Å²) in [5.41, 5.74) is -2.07. The zero-order valence-electron chi connectivity index (χ0n) is 49.6. The van der Waals surface area contributed by atoms with E-state index in [1.54, 1.807) is 34.1 Å². The molecular formula is C57H92N10O11. The van der Waals surface area contributed by atoms with Crippen molar-refractivity contribution in [3.63, 3.8) is 0 Å². The highest BCUT2D eigenvalue weighted by Gasteiger charge is 2.71. The lowest BCUT2D eigenvalue weighted by atomic mass is 9.85. The molecule has 4 fully saturated rings. The van der Waals surface area contributed by atoms with E-state index >= 15 is 0 Å². The highest BCUT2D eigenvalue weighted by molar-refractivity contribution is 6.39. The van der Waals surface area contributed by atoms with Gasteiger partial charge in [0.15, 0.2) is 6.10 Å². The number of nitriles is 1. The zero-order chi connectivity index (χ0) is 59.8. The molecule has 2 saturated heterocycles. The Morgan fingerprint density at radius 2 is 1.08 bits per heavy atom. The van der Waals surface area contributed by atoms with Crippen LogP contribution in [0.4, 0.5) is 4.79 Å². The molecule has 6 N–H and O–H groups in total. The van der Waals surface area contributed by atoms with Crippen LogP contribution in [0.15, 0.2) is 25.3 Å². The monoisotopic (exact) mass is 1090 g/mol. The first-order valence-corrected chi connectivity index (χ1v) is 27.3. The van der Waals surface area contributed by atoms with Gasteiger partial charge in [-0.1, -0.05) is 129 Å². The fourth-order valence-corrected chi connectivity index (χ4v) is 11.0. The van der Waals surface area contributed by atoms with Crippen molar-refractivity contribution in [2.75, 3.05) is 39.8 Å². The summed E-state index contributed by atoms with van der Waals surface area (Å²) >= 11 is 0. The van der Waals surface area contributed by atoms with Crippen LogP contribution in [-0.2, 0) is 47.9 Å². The van der Waals surface area contributed by atoms with Gasteiger partial charge in [-0.2, -0.15) is 5.26 Å². The van der Waals surface area contributed by atoms with Gasteiger partial charge in [-0.05, 0) is 58.2 Å². The molecule has 4 aliphatic rings. The molecule has 2 aliphatic heterocycles. The van der Waals surface area contributed by atoms with Crippen molar-refractivity contribution < 1.29 is 52.7 Å². The number of ether oxygens (including phenoxy) is 1. The average molecular weight is 1090 g/mol. The van der Waals surface area contributed by atoms with Crippen molar-refractivity contribution in [2.45, 2.75) is 179 Å². The molecule has 2 heterocycles. The first kappa shape index (κ1) is 66.0. The third-order valence-corrected chi connectivity index (χ3v) is 16.1. The minimum absolute atomic E-state index is 0.0730. The SMILES string of the molecule is C=CCNC(=O)C(=O)C(CCC)NC(=O)[C@@H]1[C@@H]2[C@H](CN1C(=O)[C@@H](NC(=O)N[C@H](CN(C)C(C)=O)C(C)(C)C)C(C)(C)C)C2(C)C.C=CCNC(=O)C(=O)C(CCC)NC(=O)[C@@H]1[C@@H]2[C@H](CN1C(=O)[C@@H](OC#N)C(C)(C)C)C2(C)C. The second-order valence-electron chi connectivity index (χ2n) is 25.9. The maximum absolute atomic E-state index is 14.3. The molecule has 2 unspecified atom stereocenters. The van der Waals surface area contributed by atoms with Crippen LogP contribution in [0.5, 0.6) is 0 Å². The summed E-state index contributed by atoms with van der Waals surface area (Å²) in [6.07, 6.45) is 5.21. The van der Waals surface area contributed by atoms with Crippen LogP contribution in [0, 0.1) is 62.3 Å². The lowest BCUT2D eigenvalue weighted by molar-refractivity contribution is -0.152. The molecule has 436 valence electrons. The molecule has 0 spiro atoms. The quantitative estimate of drug-likeness (QED) is 0.0485. The van der Waals surface area contributed by atoms with Crippen LogP contribution in [0.3, 0.4) is 0 Å². The number of likely N-dealkylation sites (N-methyl/N-ethyl adjacent to an activating group) is 1. The Morgan fingerprint density at radius 1 is 0.667 bits per heavy atom. The minimum Gasteiger partial charge on any atom is -0.413 e. The number of carbonyl (C=O) groups is 10. The number of urea groups is 1. The maximum atomic E-state index is 14.3. The molecule has 78 heavy (non-hydrogen) atoms. The third-order valence-electron chi connectivity index (χ3n) is 16.1. The Hall–Kier alpha value is -6.33. The number of carbonyl (C=O) groups excluding carboxylic acids is 10. The fraction of sp³-hybridized carbons (Fsp3) is 0.737. The van der Waals surface area contributed by atoms with Crippen LogP contribution in [-0.4, -0.2) is 156 Å². The number of Topliss-reactive ketones (excluding diaryl/α,β-unsaturated/α-hetero) is 2. The van der Waals surface area contributed by atoms with E-state index in [2.05, 4.69) is 72.8 Å². The molecule has 2 saturated carbocycles. The fourth-order valence-electron chi connectivity index (χ4n) is 11.0. The standard InChI is InChI=1S/C33H56N6O6.C24H36N4O5/c1-13-15-21(25(41)28(43)34-16-14-2)35-27(42)24-23-20(33(23,10)11)17-39(24)29(44)26(32(7,8)9)37-30(45)36-22(31(4,5)6)18-38(12)19(3)40;1-8-10-15(18(29)21(31)26-11-9-2)27-20(30)17-16-14(24(16,6)7)12-28(17)22(32)19(33-13-25)23(3,4)5/h14,20-24,26H,2,13,15-18H2,1,3-12H3,(H,34,43)(H,35,42)(H2,36,37,45);9,14-17,19H,2,8,10-12H2,1,3-7H3,(H,26,31)(H,27,30)/t20-,21?,22+,23-,24-,26+;14-,15?,16-,17-,19+/m00/s1. The summed E-state index contributed by atoms with van der Waals surface area (Å²) in [6, 6.07) is -5.61. The summed E-state index contributed by atoms with van der Waals surface area (Å²) in [4.78, 5) is 135. The minimum atomic E-state index is -1.03. The largest absolute Gasteiger partial charge is 0.413 e. The van der Waals surface area contributed by atoms with Gasteiger partial charge < -0.3 is 51.3 Å². The van der Waals surface area contributed by atoms with E-state index < -0.39 is 106 Å². The Kier molecular flexibility index (Phi) is 22.1. The lowest BCUT2D eigenvalue weighted by Crippen LogP contribution is -2.62. The van der Waals surface area contributed by atoms with E-state index in [9.17, 15) is 47.9 Å². The van der Waals surface area contributed by atoms with Gasteiger partial charge in [0.1, 0.15) is 18.1 Å². The van der Waals surface area contributed by atoms with Crippen molar-refractivity contribution in [1.29, 1.82) is 5.26 Å². The molecule has 4 rings (SSSR count). The number of amides is 9. The molecule has 0 aromatic heterocycles. The zero-order valence-corrected chi connectivity index (χ0v) is 49.6. The van der Waals surface area contributed by atoms with Crippen molar-refractivity contribution in [1.82, 2.24) is 46.6 Å². The van der Waals surface area contributed by atoms with E-state index in [1.165, 1.54) is 33.8 Å². The van der Waals surface area contributed by atoms with Crippen LogP contribution < -0.4 is 31.9 Å². The van der Waals surface area contributed by atoms with Crippen molar-refractivity contribution in [3.05, 3.63) is 25.3 Å². The van der Waals surface area contributed by atoms with E-state index in [4.69, 9.17) is 10.00 Å². The van der Waals surface area contributed by atoms with E-state index in [0.717, 1.165) is 0 Å². The molecule has 9 amide bonds. The van der Waals surface area contributed by atoms with Gasteiger partial charge >= 0.3 is 6.03 Å². The average Bonchev–Trinajstić information content (AvgIpc) is 3.77. The van der Waals surface area contributed by atoms with Gasteiger partial charge in [0.25, 0.3) is 24.0 Å². The van der Waals surface area contributed by atoms with Gasteiger partial charge in [-0.25, -0.2) is 4.79 Å². The van der Waals surface area contributed by atoms with Crippen molar-refractivity contribution in [2.24, 2.45) is 50.7 Å². The van der Waals surface area contributed by atoms with Gasteiger partial charge in [0.2, 0.25) is 35.2 Å². The number of nitrogens with zero attached hydrogens (tertiary/aromatic N) is 4. The van der Waals surface area contributed by atoms with Crippen LogP contribution in [0.2, 0.25) is 0 Å². The molecule has 0 aromatic rings. The number of hydrogen-bond donors (Lipinski definition) is 6. The summed E-state index contributed by atoms with van der Waals surface area (Å²) in [5.74, 6) is -4.94. The van der Waals surface area contributed by atoms with Gasteiger partial charge in [0.05, 0.1) is 18.1 Å².